The molecule has 0 amide bonds. The van der Waals surface area contributed by atoms with Crippen LogP contribution in [0.1, 0.15) is 85.6 Å². The second kappa shape index (κ2) is 17.3. The van der Waals surface area contributed by atoms with E-state index in [1.165, 1.54) is 18.2 Å². The number of aliphatic carboxylic acids is 1. The van der Waals surface area contributed by atoms with Crippen LogP contribution in [0.2, 0.25) is 0 Å². The molecule has 0 fully saturated rings. The molecule has 0 bridgehead atoms. The van der Waals surface area contributed by atoms with E-state index in [9.17, 15) is 24.3 Å². The lowest BCUT2D eigenvalue weighted by Crippen LogP contribution is -2.60. The Kier molecular flexibility index (Phi) is 14.9. The largest absolute Gasteiger partial charge is 0.513 e. The molecular weight excluding hydrogens is 510 g/mol. The van der Waals surface area contributed by atoms with Gasteiger partial charge in [0.1, 0.15) is 0 Å². The van der Waals surface area contributed by atoms with Gasteiger partial charge in [0.25, 0.3) is 5.72 Å². The maximum Gasteiger partial charge on any atom is 0.513 e. The zero-order valence-electron chi connectivity index (χ0n) is 23.9. The maximum atomic E-state index is 12.7. The monoisotopic (exact) mass is 553 g/mol. The van der Waals surface area contributed by atoms with Crippen LogP contribution in [0, 0.1) is 5.92 Å². The average molecular weight is 554 g/mol. The molecule has 1 aromatic carbocycles. The zero-order valence-corrected chi connectivity index (χ0v) is 23.9. The molecule has 11 nitrogen and oxygen atoms in total. The van der Waals surface area contributed by atoms with E-state index in [0.717, 1.165) is 12.8 Å². The number of esters is 1. The third kappa shape index (κ3) is 11.5. The fourth-order valence-electron chi connectivity index (χ4n) is 3.19. The Morgan fingerprint density at radius 2 is 1.44 bits per heavy atom. The van der Waals surface area contributed by atoms with Crippen LogP contribution in [0.5, 0.6) is 11.5 Å². The van der Waals surface area contributed by atoms with Gasteiger partial charge in [0.2, 0.25) is 0 Å². The van der Waals surface area contributed by atoms with Crippen LogP contribution in [-0.2, 0) is 30.2 Å². The highest BCUT2D eigenvalue weighted by Crippen LogP contribution is 2.32. The predicted octanol–water partition coefficient (Wildman–Crippen LogP) is 5.62. The van der Waals surface area contributed by atoms with E-state index >= 15 is 0 Å². The average Bonchev–Trinajstić information content (AvgIpc) is 2.89. The van der Waals surface area contributed by atoms with E-state index in [2.05, 4.69) is 5.32 Å². The summed E-state index contributed by atoms with van der Waals surface area (Å²) in [6, 6.07) is 3.85. The molecule has 0 aliphatic rings. The minimum atomic E-state index is -2.10. The van der Waals surface area contributed by atoms with Gasteiger partial charge in [-0.15, -0.1) is 0 Å². The number of benzene rings is 1. The van der Waals surface area contributed by atoms with E-state index in [1.54, 1.807) is 20.8 Å². The Balaban J connectivity index is 3.39. The van der Waals surface area contributed by atoms with Crippen molar-refractivity contribution in [2.75, 3.05) is 13.2 Å². The number of carbonyl (C=O) groups is 4. The van der Waals surface area contributed by atoms with Gasteiger partial charge in [0.05, 0.1) is 19.1 Å². The summed E-state index contributed by atoms with van der Waals surface area (Å²) >= 11 is 0. The first kappa shape index (κ1) is 33.7. The first-order chi connectivity index (χ1) is 18.5. The highest BCUT2D eigenvalue weighted by molar-refractivity contribution is 5.83. The van der Waals surface area contributed by atoms with Crippen LogP contribution < -0.4 is 14.8 Å². The molecule has 1 aromatic rings. The summed E-state index contributed by atoms with van der Waals surface area (Å²) in [4.78, 5) is 49.7. The van der Waals surface area contributed by atoms with E-state index < -0.39 is 35.9 Å². The Hall–Kier alpha value is -3.34. The zero-order chi connectivity index (χ0) is 29.4. The summed E-state index contributed by atoms with van der Waals surface area (Å²) in [5, 5.41) is 13.1. The van der Waals surface area contributed by atoms with Crippen molar-refractivity contribution in [2.24, 2.45) is 5.92 Å². The van der Waals surface area contributed by atoms with E-state index in [-0.39, 0.29) is 37.2 Å². The molecule has 0 saturated carbocycles. The minimum Gasteiger partial charge on any atom is -0.477 e. The van der Waals surface area contributed by atoms with Gasteiger partial charge in [0.15, 0.2) is 11.5 Å². The highest BCUT2D eigenvalue weighted by atomic mass is 16.7. The van der Waals surface area contributed by atoms with Gasteiger partial charge in [-0.05, 0) is 50.3 Å². The summed E-state index contributed by atoms with van der Waals surface area (Å²) in [6.07, 6.45) is 1.63. The lowest BCUT2D eigenvalue weighted by molar-refractivity contribution is -0.187. The number of hydrogen-bond donors (Lipinski definition) is 2. The molecule has 3 atom stereocenters. The standard InChI is InChI=1S/C28H43NO10/c1-7-11-15-35-26(33)37-22-14-13-21(17-23(22)38-27(34)36-16-12-8-2)18-28(25(31)32,29-20(6)10-4)39-24(30)19(5)9-3/h13-14,17,19-20,29H,7-12,15-16,18H2,1-6H3,(H,31,32)/t19?,20?,28-/m0/s1. The fraction of sp³-hybridized carbons (Fsp3) is 0.643. The van der Waals surface area contributed by atoms with Crippen molar-refractivity contribution in [1.29, 1.82) is 0 Å². The molecular formula is C28H43NO10. The maximum absolute atomic E-state index is 12.7. The van der Waals surface area contributed by atoms with Gasteiger partial charge in [-0.25, -0.2) is 14.4 Å². The molecule has 220 valence electrons. The lowest BCUT2D eigenvalue weighted by Gasteiger charge is -2.34. The van der Waals surface area contributed by atoms with Crippen molar-refractivity contribution in [1.82, 2.24) is 5.32 Å². The third-order valence-electron chi connectivity index (χ3n) is 6.01. The molecule has 2 unspecified atom stereocenters. The van der Waals surface area contributed by atoms with Crippen molar-refractivity contribution in [3.05, 3.63) is 23.8 Å². The molecule has 11 heteroatoms. The summed E-state index contributed by atoms with van der Waals surface area (Å²) in [7, 11) is 0. The molecule has 0 heterocycles. The van der Waals surface area contributed by atoms with Gasteiger partial charge in [-0.3, -0.25) is 10.1 Å². The number of nitrogens with one attached hydrogen (secondary N) is 1. The van der Waals surface area contributed by atoms with Gasteiger partial charge in [-0.2, -0.15) is 0 Å². The van der Waals surface area contributed by atoms with E-state index in [0.29, 0.717) is 31.2 Å². The lowest BCUT2D eigenvalue weighted by atomic mass is 9.99. The third-order valence-corrected chi connectivity index (χ3v) is 6.01. The van der Waals surface area contributed by atoms with Crippen molar-refractivity contribution < 1.29 is 48.0 Å². The highest BCUT2D eigenvalue weighted by Gasteiger charge is 2.44. The Labute approximate surface area is 230 Å². The van der Waals surface area contributed by atoms with Crippen LogP contribution in [0.25, 0.3) is 0 Å². The van der Waals surface area contributed by atoms with Gasteiger partial charge in [0, 0.05) is 12.5 Å². The van der Waals surface area contributed by atoms with Crippen molar-refractivity contribution in [3.63, 3.8) is 0 Å². The van der Waals surface area contributed by atoms with E-state index in [4.69, 9.17) is 23.7 Å². The minimum absolute atomic E-state index is 0.125. The molecule has 0 spiro atoms. The molecule has 0 aromatic heterocycles. The molecule has 0 radical (unpaired) electrons. The van der Waals surface area contributed by atoms with Crippen molar-refractivity contribution in [3.8, 4) is 11.5 Å². The summed E-state index contributed by atoms with van der Waals surface area (Å²) < 4.78 is 26.2. The number of carboxylic acids is 1. The van der Waals surface area contributed by atoms with Gasteiger partial charge in [-0.1, -0.05) is 53.5 Å². The number of hydrogen-bond acceptors (Lipinski definition) is 10. The normalized spacial score (nSPS) is 13.9. The number of unbranched alkanes of at least 4 members (excludes halogenated alkanes) is 2. The molecule has 0 aliphatic heterocycles. The Morgan fingerprint density at radius 1 is 0.872 bits per heavy atom. The fourth-order valence-corrected chi connectivity index (χ4v) is 3.19. The number of carboxylic acid groups (broad SMARTS) is 1. The Bertz CT molecular complexity index is 950. The number of carbonyl (C=O) groups excluding carboxylic acids is 3. The van der Waals surface area contributed by atoms with Crippen LogP contribution in [0.15, 0.2) is 18.2 Å². The Morgan fingerprint density at radius 3 is 1.92 bits per heavy atom. The molecule has 0 saturated heterocycles. The van der Waals surface area contributed by atoms with Gasteiger partial charge < -0.3 is 28.8 Å². The number of ether oxygens (including phenoxy) is 5. The second-order valence-corrected chi connectivity index (χ2v) is 9.38. The topological polar surface area (TPSA) is 147 Å². The SMILES string of the molecule is CCCCOC(=O)Oc1ccc(C[C@](NC(C)CC)(OC(=O)C(C)CC)C(=O)O)cc1OC(=O)OCCCC. The second-order valence-electron chi connectivity index (χ2n) is 9.38. The quantitative estimate of drug-likeness (QED) is 0.0814. The molecule has 39 heavy (non-hydrogen) atoms. The summed E-state index contributed by atoms with van der Waals surface area (Å²) in [5.41, 5.74) is -1.77. The summed E-state index contributed by atoms with van der Waals surface area (Å²) in [5.74, 6) is -2.88. The van der Waals surface area contributed by atoms with Crippen LogP contribution in [-0.4, -0.2) is 54.3 Å². The molecule has 1 rings (SSSR count). The van der Waals surface area contributed by atoms with Crippen LogP contribution >= 0.6 is 0 Å². The van der Waals surface area contributed by atoms with E-state index in [1.807, 2.05) is 20.8 Å². The van der Waals surface area contributed by atoms with Crippen LogP contribution in [0.4, 0.5) is 9.59 Å². The number of rotatable bonds is 17. The van der Waals surface area contributed by atoms with Crippen molar-refractivity contribution in [2.45, 2.75) is 98.3 Å². The molecule has 0 aliphatic carbocycles. The first-order valence-corrected chi connectivity index (χ1v) is 13.6. The summed E-state index contributed by atoms with van der Waals surface area (Å²) in [6.45, 7) is 11.3. The van der Waals surface area contributed by atoms with Crippen molar-refractivity contribution >= 4 is 24.2 Å². The first-order valence-electron chi connectivity index (χ1n) is 13.6. The predicted molar refractivity (Wildman–Crippen MR) is 143 cm³/mol. The van der Waals surface area contributed by atoms with Gasteiger partial charge >= 0.3 is 24.2 Å². The van der Waals surface area contributed by atoms with Crippen LogP contribution in [0.3, 0.4) is 0 Å². The smallest absolute Gasteiger partial charge is 0.477 e. The molecule has 2 N–H and O–H groups in total.